The zero-order valence-electron chi connectivity index (χ0n) is 22.0. The van der Waals surface area contributed by atoms with Gasteiger partial charge in [0.05, 0.1) is 18.8 Å². The topological polar surface area (TPSA) is 118 Å². The molecule has 10 nitrogen and oxygen atoms in total. The van der Waals surface area contributed by atoms with Gasteiger partial charge in [-0.2, -0.15) is 0 Å². The Morgan fingerprint density at radius 3 is 2.29 bits per heavy atom. The van der Waals surface area contributed by atoms with Crippen molar-refractivity contribution in [3.05, 3.63) is 72.0 Å². The first-order valence-corrected chi connectivity index (χ1v) is 12.6. The fourth-order valence-corrected chi connectivity index (χ4v) is 4.00. The van der Waals surface area contributed by atoms with E-state index in [1.807, 2.05) is 13.8 Å². The predicted octanol–water partition coefficient (Wildman–Crippen LogP) is 3.35. The molecule has 38 heavy (non-hydrogen) atoms. The standard InChI is InChI=1S/C28H36N4O6/c1-5-13-37-24-18-25(38-14-6-2)23(17-22(24)19(3)4)26(33)30-31-28(35)29-21-9-7-20(8-10-21)27(34)32-11-15-36-16-12-32/h5-7,9,17-19H,1-2,8,10-16H2,3-4H3,(H,30,33)(H2,29,31,35). The number of ether oxygens (including phenoxy) is 3. The van der Waals surface area contributed by atoms with E-state index in [0.717, 1.165) is 5.56 Å². The average molecular weight is 525 g/mol. The molecule has 1 saturated heterocycles. The van der Waals surface area contributed by atoms with Gasteiger partial charge in [-0.3, -0.25) is 15.0 Å². The van der Waals surface area contributed by atoms with E-state index in [0.29, 0.717) is 68.5 Å². The van der Waals surface area contributed by atoms with Crippen molar-refractivity contribution in [2.75, 3.05) is 39.5 Å². The van der Waals surface area contributed by atoms with Gasteiger partial charge in [0.25, 0.3) is 5.91 Å². The Morgan fingerprint density at radius 2 is 1.68 bits per heavy atom. The Labute approximate surface area is 223 Å². The predicted molar refractivity (Wildman–Crippen MR) is 144 cm³/mol. The Morgan fingerprint density at radius 1 is 1.00 bits per heavy atom. The zero-order chi connectivity index (χ0) is 27.5. The summed E-state index contributed by atoms with van der Waals surface area (Å²) in [6.45, 7) is 14.0. The number of hydrogen-bond donors (Lipinski definition) is 3. The number of morpholine rings is 1. The molecule has 1 aromatic rings. The van der Waals surface area contributed by atoms with E-state index in [1.165, 1.54) is 0 Å². The summed E-state index contributed by atoms with van der Waals surface area (Å²) in [6, 6.07) is 2.74. The number of hydrogen-bond acceptors (Lipinski definition) is 6. The summed E-state index contributed by atoms with van der Waals surface area (Å²) >= 11 is 0. The van der Waals surface area contributed by atoms with Gasteiger partial charge in [-0.15, -0.1) is 0 Å². The molecule has 0 spiro atoms. The summed E-state index contributed by atoms with van der Waals surface area (Å²) in [4.78, 5) is 39.9. The van der Waals surface area contributed by atoms with Crippen LogP contribution < -0.4 is 25.6 Å². The minimum absolute atomic E-state index is 0.00327. The summed E-state index contributed by atoms with van der Waals surface area (Å²) in [5, 5.41) is 2.71. The molecule has 1 aliphatic heterocycles. The molecular formula is C28H36N4O6. The number of nitrogens with zero attached hydrogens (tertiary/aromatic N) is 1. The van der Waals surface area contributed by atoms with E-state index < -0.39 is 11.9 Å². The second-order valence-electron chi connectivity index (χ2n) is 9.06. The monoisotopic (exact) mass is 524 g/mol. The largest absolute Gasteiger partial charge is 0.489 e. The lowest BCUT2D eigenvalue weighted by atomic mass is 9.98. The fraction of sp³-hybridized carbons (Fsp3) is 0.393. The summed E-state index contributed by atoms with van der Waals surface area (Å²) in [6.07, 6.45) is 7.64. The Hall–Kier alpha value is -4.05. The lowest BCUT2D eigenvalue weighted by molar-refractivity contribution is -0.131. The third kappa shape index (κ3) is 7.72. The van der Waals surface area contributed by atoms with E-state index in [4.69, 9.17) is 14.2 Å². The highest BCUT2D eigenvalue weighted by Gasteiger charge is 2.23. The van der Waals surface area contributed by atoms with Crippen molar-refractivity contribution >= 4 is 17.8 Å². The average Bonchev–Trinajstić information content (AvgIpc) is 2.93. The summed E-state index contributed by atoms with van der Waals surface area (Å²) in [5.41, 5.74) is 7.19. The molecule has 0 radical (unpaired) electrons. The first-order valence-electron chi connectivity index (χ1n) is 12.6. The number of hydrazine groups is 1. The zero-order valence-corrected chi connectivity index (χ0v) is 22.0. The molecule has 3 N–H and O–H groups in total. The van der Waals surface area contributed by atoms with Gasteiger partial charge in [-0.05, 0) is 36.5 Å². The van der Waals surface area contributed by atoms with Crippen molar-refractivity contribution in [3.63, 3.8) is 0 Å². The Bertz CT molecular complexity index is 1120. The van der Waals surface area contributed by atoms with Crippen LogP contribution in [0.2, 0.25) is 0 Å². The van der Waals surface area contributed by atoms with Gasteiger partial charge in [0.2, 0.25) is 5.91 Å². The molecule has 0 atom stereocenters. The number of rotatable bonds is 10. The third-order valence-electron chi connectivity index (χ3n) is 5.98. The summed E-state index contributed by atoms with van der Waals surface area (Å²) < 4.78 is 16.8. The second kappa shape index (κ2) is 14.0. The first kappa shape index (κ1) is 28.5. The van der Waals surface area contributed by atoms with Crippen molar-refractivity contribution in [1.29, 1.82) is 0 Å². The van der Waals surface area contributed by atoms with Crippen LogP contribution in [0, 0.1) is 0 Å². The highest BCUT2D eigenvalue weighted by Crippen LogP contribution is 2.34. The minimum atomic E-state index is -0.607. The third-order valence-corrected chi connectivity index (χ3v) is 5.98. The van der Waals surface area contributed by atoms with E-state index in [1.54, 1.807) is 41.3 Å². The van der Waals surface area contributed by atoms with Crippen LogP contribution in [0.1, 0.15) is 48.5 Å². The maximum Gasteiger partial charge on any atom is 0.337 e. The molecule has 10 heteroatoms. The molecule has 1 aliphatic carbocycles. The van der Waals surface area contributed by atoms with Crippen LogP contribution in [-0.2, 0) is 9.53 Å². The number of urea groups is 1. The Kier molecular flexibility index (Phi) is 10.5. The van der Waals surface area contributed by atoms with Gasteiger partial charge in [-0.25, -0.2) is 10.2 Å². The van der Waals surface area contributed by atoms with Gasteiger partial charge >= 0.3 is 6.03 Å². The molecule has 2 aliphatic rings. The smallest absolute Gasteiger partial charge is 0.337 e. The molecule has 0 saturated carbocycles. The molecular weight excluding hydrogens is 488 g/mol. The molecule has 0 aromatic heterocycles. The summed E-state index contributed by atoms with van der Waals surface area (Å²) in [7, 11) is 0. The SMILES string of the molecule is C=CCOc1cc(OCC=C)c(C(C)C)cc1C(=O)NNC(=O)NC1=CC=C(C(=O)N2CCOCC2)CC1. The fourth-order valence-electron chi connectivity index (χ4n) is 4.00. The van der Waals surface area contributed by atoms with Crippen LogP contribution in [0.3, 0.4) is 0 Å². The maximum atomic E-state index is 13.0. The molecule has 204 valence electrons. The second-order valence-corrected chi connectivity index (χ2v) is 9.06. The van der Waals surface area contributed by atoms with Crippen molar-refractivity contribution < 1.29 is 28.6 Å². The maximum absolute atomic E-state index is 13.0. The van der Waals surface area contributed by atoms with Gasteiger partial charge in [-0.1, -0.05) is 45.2 Å². The molecule has 0 bridgehead atoms. The molecule has 0 unspecified atom stereocenters. The van der Waals surface area contributed by atoms with E-state index in [2.05, 4.69) is 29.3 Å². The lowest BCUT2D eigenvalue weighted by Gasteiger charge is -2.28. The van der Waals surface area contributed by atoms with Gasteiger partial charge in [0.15, 0.2) is 0 Å². The van der Waals surface area contributed by atoms with Crippen LogP contribution in [0.5, 0.6) is 11.5 Å². The number of allylic oxidation sites excluding steroid dienone is 3. The number of amides is 4. The first-order chi connectivity index (χ1) is 18.3. The molecule has 1 aromatic carbocycles. The summed E-state index contributed by atoms with van der Waals surface area (Å²) in [5.74, 6) is 0.400. The van der Waals surface area contributed by atoms with Crippen molar-refractivity contribution in [1.82, 2.24) is 21.1 Å². The molecule has 1 fully saturated rings. The normalized spacial score (nSPS) is 15.1. The van der Waals surface area contributed by atoms with Crippen molar-refractivity contribution in [2.24, 2.45) is 0 Å². The molecule has 4 amide bonds. The quantitative estimate of drug-likeness (QED) is 0.319. The van der Waals surface area contributed by atoms with E-state index >= 15 is 0 Å². The number of carbonyl (C=O) groups is 3. The van der Waals surface area contributed by atoms with Crippen molar-refractivity contribution in [3.8, 4) is 11.5 Å². The van der Waals surface area contributed by atoms with Gasteiger partial charge in [0.1, 0.15) is 24.7 Å². The van der Waals surface area contributed by atoms with E-state index in [9.17, 15) is 14.4 Å². The number of benzene rings is 1. The molecule has 3 rings (SSSR count). The van der Waals surface area contributed by atoms with Crippen LogP contribution >= 0.6 is 0 Å². The van der Waals surface area contributed by atoms with E-state index in [-0.39, 0.29) is 24.0 Å². The van der Waals surface area contributed by atoms with Crippen LogP contribution in [0.4, 0.5) is 4.79 Å². The van der Waals surface area contributed by atoms with Gasteiger partial charge in [0, 0.05) is 30.4 Å². The van der Waals surface area contributed by atoms with Crippen LogP contribution in [-0.4, -0.2) is 62.3 Å². The molecule has 1 heterocycles. The van der Waals surface area contributed by atoms with Gasteiger partial charge < -0.3 is 24.4 Å². The number of carbonyl (C=O) groups excluding carboxylic acids is 3. The van der Waals surface area contributed by atoms with Crippen molar-refractivity contribution in [2.45, 2.75) is 32.6 Å². The highest BCUT2D eigenvalue weighted by atomic mass is 16.5. The Balaban J connectivity index is 1.63. The van der Waals surface area contributed by atoms with Crippen LogP contribution in [0.25, 0.3) is 0 Å². The lowest BCUT2D eigenvalue weighted by Crippen LogP contribution is -2.47. The minimum Gasteiger partial charge on any atom is -0.489 e. The van der Waals surface area contributed by atoms with Crippen LogP contribution in [0.15, 0.2) is 60.9 Å². The highest BCUT2D eigenvalue weighted by molar-refractivity contribution is 5.98. The number of nitrogens with one attached hydrogen (secondary N) is 3.